The predicted molar refractivity (Wildman–Crippen MR) is 104 cm³/mol. The second-order valence-corrected chi connectivity index (χ2v) is 6.25. The van der Waals surface area contributed by atoms with E-state index in [1.165, 1.54) is 6.07 Å². The molecule has 4 heteroatoms. The third-order valence-electron chi connectivity index (χ3n) is 4.49. The molecule has 0 aliphatic heterocycles. The van der Waals surface area contributed by atoms with E-state index in [0.717, 1.165) is 0 Å². The van der Waals surface area contributed by atoms with Gasteiger partial charge in [-0.15, -0.1) is 0 Å². The summed E-state index contributed by atoms with van der Waals surface area (Å²) < 4.78 is 49.5. The van der Waals surface area contributed by atoms with E-state index >= 15 is 4.39 Å². The fraction of sp³-hybridized carbons (Fsp3) is 0.217. The standard InChI is InChI=1S/C23H21F3O/c1-3-5-6-7-17-14-16-10-13-19(22(25)20(16)23(26)21(17)24)15-8-11-18(12-9-15)27-4-2/h3,5,8-14H,4,6-7H2,1-2H3/b5-3+. The van der Waals surface area contributed by atoms with Crippen LogP contribution in [0.4, 0.5) is 13.2 Å². The van der Waals surface area contributed by atoms with Gasteiger partial charge >= 0.3 is 0 Å². The number of hydrogen-bond acceptors (Lipinski definition) is 1. The highest BCUT2D eigenvalue weighted by atomic mass is 19.2. The van der Waals surface area contributed by atoms with Crippen molar-refractivity contribution in [1.82, 2.24) is 0 Å². The highest BCUT2D eigenvalue weighted by Gasteiger charge is 2.19. The predicted octanol–water partition coefficient (Wildman–Crippen LogP) is 6.83. The van der Waals surface area contributed by atoms with Crippen molar-refractivity contribution >= 4 is 10.8 Å². The second kappa shape index (κ2) is 8.30. The minimum absolute atomic E-state index is 0.227. The summed E-state index contributed by atoms with van der Waals surface area (Å²) in [7, 11) is 0. The highest BCUT2D eigenvalue weighted by molar-refractivity contribution is 5.89. The van der Waals surface area contributed by atoms with Gasteiger partial charge in [0.1, 0.15) is 11.6 Å². The van der Waals surface area contributed by atoms with Crippen molar-refractivity contribution in [2.75, 3.05) is 6.61 Å². The lowest BCUT2D eigenvalue weighted by molar-refractivity contribution is 0.340. The quantitative estimate of drug-likeness (QED) is 0.432. The van der Waals surface area contributed by atoms with E-state index < -0.39 is 17.5 Å². The van der Waals surface area contributed by atoms with Crippen molar-refractivity contribution in [2.24, 2.45) is 0 Å². The molecule has 0 saturated heterocycles. The molecule has 0 spiro atoms. The Hall–Kier alpha value is -2.75. The molecule has 3 aromatic rings. The van der Waals surface area contributed by atoms with Crippen molar-refractivity contribution in [1.29, 1.82) is 0 Å². The van der Waals surface area contributed by atoms with Gasteiger partial charge in [-0.05, 0) is 61.4 Å². The Morgan fingerprint density at radius 1 is 0.926 bits per heavy atom. The maximum absolute atomic E-state index is 15.0. The average Bonchev–Trinajstić information content (AvgIpc) is 2.67. The zero-order valence-corrected chi connectivity index (χ0v) is 15.4. The van der Waals surface area contributed by atoms with Gasteiger partial charge in [0, 0.05) is 5.56 Å². The van der Waals surface area contributed by atoms with Crippen LogP contribution in [0.15, 0.2) is 54.6 Å². The summed E-state index contributed by atoms with van der Waals surface area (Å²) >= 11 is 0. The molecule has 0 aliphatic rings. The molecule has 0 N–H and O–H groups in total. The molecule has 27 heavy (non-hydrogen) atoms. The van der Waals surface area contributed by atoms with Gasteiger partial charge in [-0.25, -0.2) is 13.2 Å². The maximum Gasteiger partial charge on any atom is 0.169 e. The number of hydrogen-bond donors (Lipinski definition) is 0. The first kappa shape index (κ1) is 19.0. The maximum atomic E-state index is 15.0. The van der Waals surface area contributed by atoms with Crippen LogP contribution in [0.25, 0.3) is 21.9 Å². The molecule has 0 saturated carbocycles. The van der Waals surface area contributed by atoms with Gasteiger partial charge in [-0.2, -0.15) is 0 Å². The van der Waals surface area contributed by atoms with Crippen LogP contribution >= 0.6 is 0 Å². The zero-order chi connectivity index (χ0) is 19.4. The summed E-state index contributed by atoms with van der Waals surface area (Å²) in [6.45, 7) is 4.28. The van der Waals surface area contributed by atoms with E-state index in [9.17, 15) is 8.78 Å². The lowest BCUT2D eigenvalue weighted by atomic mass is 9.97. The van der Waals surface area contributed by atoms with E-state index in [4.69, 9.17) is 4.74 Å². The van der Waals surface area contributed by atoms with Crippen LogP contribution in [-0.4, -0.2) is 6.61 Å². The Labute approximate surface area is 157 Å². The molecule has 0 aromatic heterocycles. The van der Waals surface area contributed by atoms with E-state index in [2.05, 4.69) is 0 Å². The number of rotatable bonds is 6. The van der Waals surface area contributed by atoms with E-state index in [0.29, 0.717) is 36.1 Å². The lowest BCUT2D eigenvalue weighted by Crippen LogP contribution is -1.99. The minimum Gasteiger partial charge on any atom is -0.494 e. The molecular weight excluding hydrogens is 349 g/mol. The van der Waals surface area contributed by atoms with E-state index in [-0.39, 0.29) is 16.5 Å². The van der Waals surface area contributed by atoms with Crippen LogP contribution < -0.4 is 4.74 Å². The van der Waals surface area contributed by atoms with Crippen molar-refractivity contribution in [3.63, 3.8) is 0 Å². The summed E-state index contributed by atoms with van der Waals surface area (Å²) in [6.07, 6.45) is 4.71. The third kappa shape index (κ3) is 3.85. The van der Waals surface area contributed by atoms with Gasteiger partial charge in [-0.1, -0.05) is 36.4 Å². The van der Waals surface area contributed by atoms with Crippen LogP contribution in [0.1, 0.15) is 25.8 Å². The second-order valence-electron chi connectivity index (χ2n) is 6.25. The Morgan fingerprint density at radius 3 is 2.33 bits per heavy atom. The van der Waals surface area contributed by atoms with Crippen molar-refractivity contribution in [3.8, 4) is 16.9 Å². The van der Waals surface area contributed by atoms with Gasteiger partial charge < -0.3 is 4.74 Å². The smallest absolute Gasteiger partial charge is 0.169 e. The number of benzene rings is 3. The fourth-order valence-corrected chi connectivity index (χ4v) is 3.14. The molecule has 0 aliphatic carbocycles. The van der Waals surface area contributed by atoms with Gasteiger partial charge in [0.05, 0.1) is 12.0 Å². The molecule has 0 atom stereocenters. The number of halogens is 3. The molecule has 0 fully saturated rings. The van der Waals surface area contributed by atoms with Gasteiger partial charge in [-0.3, -0.25) is 0 Å². The molecule has 0 amide bonds. The van der Waals surface area contributed by atoms with Gasteiger partial charge in [0.25, 0.3) is 0 Å². The van der Waals surface area contributed by atoms with Crippen LogP contribution in [0.5, 0.6) is 5.75 Å². The summed E-state index contributed by atoms with van der Waals surface area (Å²) in [5.41, 5.74) is 1.06. The topological polar surface area (TPSA) is 9.23 Å². The van der Waals surface area contributed by atoms with Crippen LogP contribution in [0.2, 0.25) is 0 Å². The van der Waals surface area contributed by atoms with E-state index in [1.807, 2.05) is 26.0 Å². The molecule has 1 nitrogen and oxygen atoms in total. The number of ether oxygens (including phenoxy) is 1. The molecule has 3 aromatic carbocycles. The highest BCUT2D eigenvalue weighted by Crippen LogP contribution is 2.33. The number of allylic oxidation sites excluding steroid dienone is 2. The molecular formula is C23H21F3O. The monoisotopic (exact) mass is 370 g/mol. The summed E-state index contributed by atoms with van der Waals surface area (Å²) in [4.78, 5) is 0. The van der Waals surface area contributed by atoms with Crippen LogP contribution in [0, 0.1) is 17.5 Å². The fourth-order valence-electron chi connectivity index (χ4n) is 3.14. The number of fused-ring (bicyclic) bond motifs is 1. The largest absolute Gasteiger partial charge is 0.494 e. The summed E-state index contributed by atoms with van der Waals surface area (Å²) in [5, 5.41) is 0.0465. The first-order valence-corrected chi connectivity index (χ1v) is 9.00. The SMILES string of the molecule is C/C=C/CCc1cc2ccc(-c3ccc(OCC)cc3)c(F)c2c(F)c1F. The molecule has 140 valence electrons. The van der Waals surface area contributed by atoms with Crippen LogP contribution in [0.3, 0.4) is 0 Å². The van der Waals surface area contributed by atoms with Gasteiger partial charge in [0.15, 0.2) is 11.6 Å². The van der Waals surface area contributed by atoms with Crippen molar-refractivity contribution in [2.45, 2.75) is 26.7 Å². The Bertz CT molecular complexity index is 975. The third-order valence-corrected chi connectivity index (χ3v) is 4.49. The Kier molecular flexibility index (Phi) is 5.84. The number of aryl methyl sites for hydroxylation is 1. The normalized spacial score (nSPS) is 11.4. The van der Waals surface area contributed by atoms with E-state index in [1.54, 1.807) is 36.4 Å². The Balaban J connectivity index is 2.06. The molecule has 0 bridgehead atoms. The van der Waals surface area contributed by atoms with Crippen molar-refractivity contribution < 1.29 is 17.9 Å². The molecule has 0 unspecified atom stereocenters. The molecule has 0 radical (unpaired) electrons. The van der Waals surface area contributed by atoms with Crippen LogP contribution in [-0.2, 0) is 6.42 Å². The Morgan fingerprint density at radius 2 is 1.67 bits per heavy atom. The van der Waals surface area contributed by atoms with Crippen molar-refractivity contribution in [3.05, 3.63) is 77.6 Å². The first-order chi connectivity index (χ1) is 13.1. The minimum atomic E-state index is -1.13. The molecule has 0 heterocycles. The average molecular weight is 370 g/mol. The molecule has 3 rings (SSSR count). The summed E-state index contributed by atoms with van der Waals surface area (Å²) in [5.74, 6) is -2.19. The summed E-state index contributed by atoms with van der Waals surface area (Å²) in [6, 6.07) is 11.6. The zero-order valence-electron chi connectivity index (χ0n) is 15.4. The lowest BCUT2D eigenvalue weighted by Gasteiger charge is -2.11. The first-order valence-electron chi connectivity index (χ1n) is 9.00. The van der Waals surface area contributed by atoms with Gasteiger partial charge in [0.2, 0.25) is 0 Å².